The van der Waals surface area contributed by atoms with Crippen molar-refractivity contribution in [2.24, 2.45) is 5.92 Å². The molecule has 2 fully saturated rings. The van der Waals surface area contributed by atoms with Gasteiger partial charge in [0.05, 0.1) is 0 Å². The van der Waals surface area contributed by atoms with Crippen LogP contribution in [0.4, 0.5) is 8.78 Å². The number of rotatable bonds is 2. The fraction of sp³-hybridized carbons (Fsp3) is 0.611. The molecule has 0 spiro atoms. The van der Waals surface area contributed by atoms with E-state index in [1.54, 1.807) is 11.0 Å². The van der Waals surface area contributed by atoms with E-state index in [0.29, 0.717) is 19.5 Å². The monoisotopic (exact) mass is 365 g/mol. The van der Waals surface area contributed by atoms with Crippen LogP contribution >= 0.6 is 0 Å². The maximum Gasteiger partial charge on any atom is 0.252 e. The Morgan fingerprint density at radius 3 is 2.62 bits per heavy atom. The zero-order chi connectivity index (χ0) is 18.6. The fourth-order valence-electron chi connectivity index (χ4n) is 4.58. The number of pyridine rings is 1. The van der Waals surface area contributed by atoms with Crippen molar-refractivity contribution in [1.29, 1.82) is 0 Å². The highest BCUT2D eigenvalue weighted by molar-refractivity contribution is 5.82. The molecule has 2 bridgehead atoms. The molecule has 1 saturated carbocycles. The number of nitrogens with one attached hydrogen (secondary N) is 1. The second kappa shape index (κ2) is 5.89. The first kappa shape index (κ1) is 17.2. The minimum Gasteiger partial charge on any atom is -0.351 e. The van der Waals surface area contributed by atoms with Crippen LogP contribution in [0.25, 0.3) is 0 Å². The van der Waals surface area contributed by atoms with Gasteiger partial charge in [-0.2, -0.15) is 0 Å². The lowest BCUT2D eigenvalue weighted by Crippen LogP contribution is -2.57. The molecule has 6 nitrogen and oxygen atoms in total. The molecule has 0 radical (unpaired) electrons. The molecule has 3 atom stereocenters. The molecule has 2 aliphatic heterocycles. The van der Waals surface area contributed by atoms with Gasteiger partial charge in [0.1, 0.15) is 6.04 Å². The molecule has 0 unspecified atom stereocenters. The molecular weight excluding hydrogens is 344 g/mol. The van der Waals surface area contributed by atoms with E-state index in [0.717, 1.165) is 5.69 Å². The third kappa shape index (κ3) is 2.81. The van der Waals surface area contributed by atoms with E-state index in [-0.39, 0.29) is 36.1 Å². The van der Waals surface area contributed by atoms with Crippen LogP contribution in [0.15, 0.2) is 23.0 Å². The molecule has 0 aromatic carbocycles. The van der Waals surface area contributed by atoms with E-state index in [1.807, 2.05) is 6.07 Å². The van der Waals surface area contributed by atoms with Crippen molar-refractivity contribution in [2.45, 2.75) is 50.1 Å². The molecule has 1 aliphatic carbocycles. The maximum absolute atomic E-state index is 13.1. The number of alkyl halides is 2. The van der Waals surface area contributed by atoms with Crippen molar-refractivity contribution < 1.29 is 18.4 Å². The Bertz CT molecular complexity index is 814. The van der Waals surface area contributed by atoms with E-state index in [2.05, 4.69) is 5.32 Å². The summed E-state index contributed by atoms with van der Waals surface area (Å²) in [4.78, 5) is 38.9. The van der Waals surface area contributed by atoms with Crippen molar-refractivity contribution in [3.63, 3.8) is 0 Å². The van der Waals surface area contributed by atoms with Gasteiger partial charge in [-0.1, -0.05) is 6.07 Å². The Kier molecular flexibility index (Phi) is 3.89. The summed E-state index contributed by atoms with van der Waals surface area (Å²) in [6, 6.07) is 3.54. The van der Waals surface area contributed by atoms with Gasteiger partial charge in [0, 0.05) is 62.5 Å². The first-order valence-electron chi connectivity index (χ1n) is 8.90. The molecule has 1 N–H and O–H groups in total. The zero-order valence-corrected chi connectivity index (χ0v) is 14.5. The molecule has 2 amide bonds. The van der Waals surface area contributed by atoms with Crippen LogP contribution in [0.5, 0.6) is 0 Å². The summed E-state index contributed by atoms with van der Waals surface area (Å²) in [5.74, 6) is -3.40. The summed E-state index contributed by atoms with van der Waals surface area (Å²) >= 11 is 0. The van der Waals surface area contributed by atoms with Crippen LogP contribution in [0.1, 0.15) is 43.8 Å². The number of nitrogens with zero attached hydrogens (tertiary/aromatic N) is 2. The maximum atomic E-state index is 13.1. The SMILES string of the molecule is CC(=O)N1C[C@H]2C[C@@H](C1)[C@H](C(=O)NC1CC(F)(F)C1)n1c2cccc1=O. The average Bonchev–Trinajstić information content (AvgIpc) is 2.54. The van der Waals surface area contributed by atoms with Gasteiger partial charge in [-0.25, -0.2) is 8.78 Å². The van der Waals surface area contributed by atoms with Gasteiger partial charge in [-0.05, 0) is 12.5 Å². The van der Waals surface area contributed by atoms with E-state index in [1.165, 1.54) is 17.6 Å². The van der Waals surface area contributed by atoms with Crippen LogP contribution in [0.3, 0.4) is 0 Å². The first-order valence-corrected chi connectivity index (χ1v) is 8.90. The van der Waals surface area contributed by atoms with Gasteiger partial charge in [-0.15, -0.1) is 0 Å². The van der Waals surface area contributed by atoms with E-state index in [9.17, 15) is 23.2 Å². The van der Waals surface area contributed by atoms with Gasteiger partial charge >= 0.3 is 0 Å². The molecule has 3 aliphatic rings. The van der Waals surface area contributed by atoms with Gasteiger partial charge in [0.25, 0.3) is 11.5 Å². The molecule has 140 valence electrons. The third-order valence-electron chi connectivity index (χ3n) is 5.80. The summed E-state index contributed by atoms with van der Waals surface area (Å²) in [5.41, 5.74) is 0.464. The van der Waals surface area contributed by atoms with E-state index >= 15 is 0 Å². The third-order valence-corrected chi connectivity index (χ3v) is 5.80. The second-order valence-corrected chi connectivity index (χ2v) is 7.69. The molecule has 1 saturated heterocycles. The quantitative estimate of drug-likeness (QED) is 0.858. The normalized spacial score (nSPS) is 29.5. The highest BCUT2D eigenvalue weighted by Gasteiger charge is 2.49. The Balaban J connectivity index is 1.66. The predicted molar refractivity (Wildman–Crippen MR) is 89.0 cm³/mol. The van der Waals surface area contributed by atoms with Gasteiger partial charge < -0.3 is 10.2 Å². The molecule has 8 heteroatoms. The van der Waals surface area contributed by atoms with Crippen molar-refractivity contribution in [3.05, 3.63) is 34.2 Å². The summed E-state index contributed by atoms with van der Waals surface area (Å²) in [5, 5.41) is 2.68. The van der Waals surface area contributed by atoms with Crippen LogP contribution in [-0.4, -0.2) is 46.3 Å². The van der Waals surface area contributed by atoms with Crippen molar-refractivity contribution in [2.75, 3.05) is 13.1 Å². The minimum absolute atomic E-state index is 0.00337. The topological polar surface area (TPSA) is 71.4 Å². The summed E-state index contributed by atoms with van der Waals surface area (Å²) in [6.07, 6.45) is -0.0319. The van der Waals surface area contributed by atoms with Crippen molar-refractivity contribution in [1.82, 2.24) is 14.8 Å². The van der Waals surface area contributed by atoms with Gasteiger partial charge in [0.2, 0.25) is 11.8 Å². The first-order chi connectivity index (χ1) is 12.2. The van der Waals surface area contributed by atoms with Crippen LogP contribution in [0.2, 0.25) is 0 Å². The number of hydrogen-bond acceptors (Lipinski definition) is 3. The highest BCUT2D eigenvalue weighted by Crippen LogP contribution is 2.42. The Morgan fingerprint density at radius 2 is 1.96 bits per heavy atom. The number of fused-ring (bicyclic) bond motifs is 4. The van der Waals surface area contributed by atoms with Gasteiger partial charge in [0.15, 0.2) is 0 Å². The Morgan fingerprint density at radius 1 is 1.23 bits per heavy atom. The highest BCUT2D eigenvalue weighted by atomic mass is 19.3. The van der Waals surface area contributed by atoms with E-state index in [4.69, 9.17) is 0 Å². The summed E-state index contributed by atoms with van der Waals surface area (Å²) in [6.45, 7) is 2.41. The van der Waals surface area contributed by atoms with Crippen LogP contribution < -0.4 is 10.9 Å². The molecule has 1 aromatic rings. The standard InChI is InChI=1S/C18H21F2N3O3/c1-10(24)22-8-11-5-12(9-22)16(23-14(11)3-2-4-15(23)25)17(26)21-13-6-18(19,20)7-13/h2-4,11-13,16H,5-9H2,1H3,(H,21,26)/t11-,12+,16-/m1/s1. The Hall–Kier alpha value is -2.25. The van der Waals surface area contributed by atoms with E-state index < -0.39 is 23.9 Å². The molecule has 1 aromatic heterocycles. The number of piperidine rings is 1. The number of hydrogen-bond donors (Lipinski definition) is 1. The number of aromatic nitrogens is 1. The fourth-order valence-corrected chi connectivity index (χ4v) is 4.58. The summed E-state index contributed by atoms with van der Waals surface area (Å²) < 4.78 is 27.7. The molecule has 26 heavy (non-hydrogen) atoms. The molecule has 4 rings (SSSR count). The number of carbonyl (C=O) groups excluding carboxylic acids is 2. The summed E-state index contributed by atoms with van der Waals surface area (Å²) in [7, 11) is 0. The number of carbonyl (C=O) groups is 2. The van der Waals surface area contributed by atoms with Crippen LogP contribution in [0, 0.1) is 5.92 Å². The Labute approximate surface area is 149 Å². The molecular formula is C18H21F2N3O3. The lowest BCUT2D eigenvalue weighted by molar-refractivity contribution is -0.139. The number of amides is 2. The average molecular weight is 365 g/mol. The van der Waals surface area contributed by atoms with Gasteiger partial charge in [-0.3, -0.25) is 19.0 Å². The largest absolute Gasteiger partial charge is 0.351 e. The van der Waals surface area contributed by atoms with Crippen molar-refractivity contribution >= 4 is 11.8 Å². The lowest BCUT2D eigenvalue weighted by atomic mass is 9.77. The number of likely N-dealkylation sites (tertiary alicyclic amines) is 1. The molecule has 3 heterocycles. The van der Waals surface area contributed by atoms with Crippen molar-refractivity contribution in [3.8, 4) is 0 Å². The predicted octanol–water partition coefficient (Wildman–Crippen LogP) is 1.27. The minimum atomic E-state index is -2.72. The second-order valence-electron chi connectivity index (χ2n) is 7.69. The smallest absolute Gasteiger partial charge is 0.252 e. The lowest BCUT2D eigenvalue weighted by Gasteiger charge is -2.46. The zero-order valence-electron chi connectivity index (χ0n) is 14.5. The number of halogens is 2. The van der Waals surface area contributed by atoms with Crippen LogP contribution in [-0.2, 0) is 9.59 Å².